The summed E-state index contributed by atoms with van der Waals surface area (Å²) in [6, 6.07) is 10.0. The number of H-pyrrole nitrogens is 1. The number of amides is 1. The van der Waals surface area contributed by atoms with Gasteiger partial charge in [0.15, 0.2) is 0 Å². The number of aromatic nitrogens is 1. The van der Waals surface area contributed by atoms with Gasteiger partial charge in [0.1, 0.15) is 5.69 Å². The molecule has 3 rings (SSSR count). The van der Waals surface area contributed by atoms with Crippen molar-refractivity contribution < 1.29 is 9.53 Å². The van der Waals surface area contributed by atoms with Crippen molar-refractivity contribution in [2.24, 2.45) is 0 Å². The largest absolute Gasteiger partial charge is 0.378 e. The Balaban J connectivity index is 1.62. The molecule has 0 radical (unpaired) electrons. The summed E-state index contributed by atoms with van der Waals surface area (Å²) < 4.78 is 5.48. The van der Waals surface area contributed by atoms with E-state index in [1.165, 1.54) is 0 Å². The molecule has 0 spiro atoms. The molecular formula is C15H18N2O2. The molecule has 100 valence electrons. The maximum absolute atomic E-state index is 12.1. The molecule has 2 aromatic rings. The Kier molecular flexibility index (Phi) is 3.25. The summed E-state index contributed by atoms with van der Waals surface area (Å²) in [5.41, 5.74) is 1.62. The second-order valence-electron chi connectivity index (χ2n) is 4.99. The zero-order valence-electron chi connectivity index (χ0n) is 11.0. The van der Waals surface area contributed by atoms with Crippen LogP contribution in [0.2, 0.25) is 0 Å². The molecule has 2 N–H and O–H groups in total. The normalized spacial score (nSPS) is 22.2. The predicted octanol–water partition coefficient (Wildman–Crippen LogP) is 2.47. The standard InChI is InChI=1S/C15H18N2O2/c1-2-19-12-8-11(9-12)16-15(18)14-7-10-5-3-4-6-13(10)17-14/h3-7,11-12,17H,2,8-9H2,1H3,(H,16,18). The molecule has 19 heavy (non-hydrogen) atoms. The molecule has 1 aromatic heterocycles. The quantitative estimate of drug-likeness (QED) is 0.885. The van der Waals surface area contributed by atoms with Gasteiger partial charge in [-0.1, -0.05) is 18.2 Å². The second-order valence-corrected chi connectivity index (χ2v) is 4.99. The lowest BCUT2D eigenvalue weighted by molar-refractivity contribution is -0.00866. The average molecular weight is 258 g/mol. The number of rotatable bonds is 4. The number of fused-ring (bicyclic) bond motifs is 1. The smallest absolute Gasteiger partial charge is 0.267 e. The summed E-state index contributed by atoms with van der Waals surface area (Å²) in [5, 5.41) is 4.10. The molecule has 1 fully saturated rings. The highest BCUT2D eigenvalue weighted by atomic mass is 16.5. The number of hydrogen-bond donors (Lipinski definition) is 2. The van der Waals surface area contributed by atoms with E-state index >= 15 is 0 Å². The van der Waals surface area contributed by atoms with Gasteiger partial charge in [-0.05, 0) is 31.9 Å². The first kappa shape index (κ1) is 12.2. The fraction of sp³-hybridized carbons (Fsp3) is 0.400. The highest BCUT2D eigenvalue weighted by Crippen LogP contribution is 2.23. The average Bonchev–Trinajstić information content (AvgIpc) is 2.80. The van der Waals surface area contributed by atoms with Crippen molar-refractivity contribution in [2.75, 3.05) is 6.61 Å². The molecule has 1 saturated carbocycles. The van der Waals surface area contributed by atoms with Gasteiger partial charge in [-0.2, -0.15) is 0 Å². The highest BCUT2D eigenvalue weighted by molar-refractivity contribution is 5.98. The molecule has 1 aliphatic carbocycles. The van der Waals surface area contributed by atoms with E-state index < -0.39 is 0 Å². The van der Waals surface area contributed by atoms with Crippen LogP contribution in [0.3, 0.4) is 0 Å². The van der Waals surface area contributed by atoms with Crippen LogP contribution in [0, 0.1) is 0 Å². The molecule has 0 aliphatic heterocycles. The summed E-state index contributed by atoms with van der Waals surface area (Å²) in [6.45, 7) is 2.74. The minimum Gasteiger partial charge on any atom is -0.378 e. The van der Waals surface area contributed by atoms with Crippen molar-refractivity contribution >= 4 is 16.8 Å². The molecule has 1 heterocycles. The van der Waals surface area contributed by atoms with Crippen molar-refractivity contribution in [1.82, 2.24) is 10.3 Å². The van der Waals surface area contributed by atoms with Gasteiger partial charge in [0, 0.05) is 23.6 Å². The summed E-state index contributed by atoms with van der Waals surface area (Å²) in [7, 11) is 0. The fourth-order valence-corrected chi connectivity index (χ4v) is 2.51. The van der Waals surface area contributed by atoms with Gasteiger partial charge in [-0.15, -0.1) is 0 Å². The first-order valence-electron chi connectivity index (χ1n) is 6.76. The monoisotopic (exact) mass is 258 g/mol. The number of carbonyl (C=O) groups excluding carboxylic acids is 1. The van der Waals surface area contributed by atoms with Crippen LogP contribution in [0.1, 0.15) is 30.3 Å². The minimum atomic E-state index is -0.0313. The fourth-order valence-electron chi connectivity index (χ4n) is 2.51. The van der Waals surface area contributed by atoms with E-state index in [1.54, 1.807) is 0 Å². The van der Waals surface area contributed by atoms with Crippen molar-refractivity contribution in [3.05, 3.63) is 36.0 Å². The van der Waals surface area contributed by atoms with E-state index in [-0.39, 0.29) is 11.9 Å². The first-order chi connectivity index (χ1) is 9.26. The van der Waals surface area contributed by atoms with E-state index in [2.05, 4.69) is 10.3 Å². The number of ether oxygens (including phenoxy) is 1. The number of para-hydroxylation sites is 1. The molecule has 0 atom stereocenters. The Labute approximate surface area is 112 Å². The van der Waals surface area contributed by atoms with E-state index in [9.17, 15) is 4.79 Å². The molecule has 0 bridgehead atoms. The Hall–Kier alpha value is -1.81. The van der Waals surface area contributed by atoms with Gasteiger partial charge < -0.3 is 15.0 Å². The third-order valence-electron chi connectivity index (χ3n) is 3.61. The lowest BCUT2D eigenvalue weighted by Crippen LogP contribution is -2.47. The van der Waals surface area contributed by atoms with E-state index in [0.29, 0.717) is 11.8 Å². The van der Waals surface area contributed by atoms with Gasteiger partial charge in [-0.25, -0.2) is 0 Å². The van der Waals surface area contributed by atoms with E-state index in [4.69, 9.17) is 4.74 Å². The van der Waals surface area contributed by atoms with Crippen LogP contribution in [0.25, 0.3) is 10.9 Å². The lowest BCUT2D eigenvalue weighted by Gasteiger charge is -2.35. The maximum Gasteiger partial charge on any atom is 0.267 e. The maximum atomic E-state index is 12.1. The molecule has 1 amide bonds. The van der Waals surface area contributed by atoms with Crippen molar-refractivity contribution in [3.63, 3.8) is 0 Å². The zero-order chi connectivity index (χ0) is 13.2. The van der Waals surface area contributed by atoms with Gasteiger partial charge >= 0.3 is 0 Å². The van der Waals surface area contributed by atoms with Crippen LogP contribution in [-0.2, 0) is 4.74 Å². The SMILES string of the molecule is CCOC1CC(NC(=O)c2cc3ccccc3[nH]2)C1. The van der Waals surface area contributed by atoms with Crippen LogP contribution >= 0.6 is 0 Å². The molecule has 1 aromatic carbocycles. The third kappa shape index (κ3) is 2.49. The van der Waals surface area contributed by atoms with Crippen LogP contribution in [0.5, 0.6) is 0 Å². The molecule has 0 saturated heterocycles. The Morgan fingerprint density at radius 1 is 1.42 bits per heavy atom. The number of carbonyl (C=O) groups is 1. The summed E-state index contributed by atoms with van der Waals surface area (Å²) in [6.07, 6.45) is 2.15. The molecule has 0 unspecified atom stereocenters. The number of hydrogen-bond acceptors (Lipinski definition) is 2. The first-order valence-corrected chi connectivity index (χ1v) is 6.76. The number of aromatic amines is 1. The topological polar surface area (TPSA) is 54.1 Å². The molecule has 4 nitrogen and oxygen atoms in total. The minimum absolute atomic E-state index is 0.0313. The molecule has 4 heteroatoms. The van der Waals surface area contributed by atoms with Gasteiger partial charge in [0.05, 0.1) is 6.10 Å². The third-order valence-corrected chi connectivity index (χ3v) is 3.61. The van der Waals surface area contributed by atoms with Gasteiger partial charge in [0.2, 0.25) is 0 Å². The van der Waals surface area contributed by atoms with Crippen LogP contribution in [0.15, 0.2) is 30.3 Å². The number of benzene rings is 1. The van der Waals surface area contributed by atoms with E-state index in [1.807, 2.05) is 37.3 Å². The summed E-state index contributed by atoms with van der Waals surface area (Å²) in [5.74, 6) is -0.0313. The molecule has 1 aliphatic rings. The Morgan fingerprint density at radius 3 is 2.95 bits per heavy atom. The van der Waals surface area contributed by atoms with Crippen molar-refractivity contribution in [2.45, 2.75) is 31.9 Å². The second kappa shape index (κ2) is 5.05. The Bertz CT molecular complexity index is 552. The highest BCUT2D eigenvalue weighted by Gasteiger charge is 2.31. The lowest BCUT2D eigenvalue weighted by atomic mass is 9.89. The van der Waals surface area contributed by atoms with E-state index in [0.717, 1.165) is 30.4 Å². The Morgan fingerprint density at radius 2 is 2.21 bits per heavy atom. The van der Waals surface area contributed by atoms with Crippen LogP contribution < -0.4 is 5.32 Å². The van der Waals surface area contributed by atoms with Gasteiger partial charge in [0.25, 0.3) is 5.91 Å². The molecular weight excluding hydrogens is 240 g/mol. The summed E-state index contributed by atoms with van der Waals surface area (Å²) >= 11 is 0. The van der Waals surface area contributed by atoms with Crippen LogP contribution in [0.4, 0.5) is 0 Å². The van der Waals surface area contributed by atoms with Gasteiger partial charge in [-0.3, -0.25) is 4.79 Å². The predicted molar refractivity (Wildman–Crippen MR) is 74.2 cm³/mol. The van der Waals surface area contributed by atoms with Crippen molar-refractivity contribution in [3.8, 4) is 0 Å². The zero-order valence-corrected chi connectivity index (χ0v) is 11.0. The summed E-state index contributed by atoms with van der Waals surface area (Å²) in [4.78, 5) is 15.2. The van der Waals surface area contributed by atoms with Crippen molar-refractivity contribution in [1.29, 1.82) is 0 Å². The van der Waals surface area contributed by atoms with Crippen LogP contribution in [-0.4, -0.2) is 29.6 Å². The number of nitrogens with one attached hydrogen (secondary N) is 2.